The summed E-state index contributed by atoms with van der Waals surface area (Å²) in [7, 11) is 0. The van der Waals surface area contributed by atoms with Crippen LogP contribution < -0.4 is 0 Å². The van der Waals surface area contributed by atoms with Crippen molar-refractivity contribution in [2.45, 2.75) is 27.7 Å². The third-order valence-corrected chi connectivity index (χ3v) is 3.76. The van der Waals surface area contributed by atoms with Crippen LogP contribution in [0.5, 0.6) is 0 Å². The Morgan fingerprint density at radius 2 is 0.800 bits per heavy atom. The minimum Gasteiger partial charge on any atom is -0.480 e. The van der Waals surface area contributed by atoms with E-state index in [9.17, 15) is 19.8 Å². The third-order valence-electron chi connectivity index (χ3n) is 3.76. The molecule has 4 heteroatoms. The van der Waals surface area contributed by atoms with Crippen LogP contribution in [0.25, 0.3) is 0 Å². The van der Waals surface area contributed by atoms with Crippen LogP contribution in [0.15, 0.2) is 48.6 Å². The van der Waals surface area contributed by atoms with E-state index in [4.69, 9.17) is 0 Å². The molecule has 0 heterocycles. The minimum atomic E-state index is -1.89. The van der Waals surface area contributed by atoms with Crippen LogP contribution in [-0.2, 0) is 9.59 Å². The van der Waals surface area contributed by atoms with E-state index in [-0.39, 0.29) is 22.3 Å². The molecule has 4 nitrogen and oxygen atoms in total. The number of carboxylic acids is 2. The fraction of sp³-hybridized carbons (Fsp3) is 0.375. The Morgan fingerprint density at radius 3 is 0.850 bits per heavy atom. The van der Waals surface area contributed by atoms with Gasteiger partial charge in [-0.05, 0) is 27.7 Å². The Hall–Kier alpha value is -2.10. The van der Waals surface area contributed by atoms with Gasteiger partial charge in [0.15, 0.2) is 0 Å². The summed E-state index contributed by atoms with van der Waals surface area (Å²) < 4.78 is 0. The fourth-order valence-electron chi connectivity index (χ4n) is 3.06. The third kappa shape index (κ3) is 1.92. The second-order valence-electron chi connectivity index (χ2n) is 5.23. The van der Waals surface area contributed by atoms with E-state index in [0.717, 1.165) is 0 Å². The van der Waals surface area contributed by atoms with Crippen LogP contribution in [-0.4, -0.2) is 22.2 Å². The second kappa shape index (κ2) is 5.49. The van der Waals surface area contributed by atoms with Gasteiger partial charge in [0.1, 0.15) is 10.8 Å². The van der Waals surface area contributed by atoms with Crippen LogP contribution in [0, 0.1) is 10.8 Å². The van der Waals surface area contributed by atoms with Crippen molar-refractivity contribution >= 4 is 11.9 Å². The lowest BCUT2D eigenvalue weighted by Crippen LogP contribution is -2.55. The summed E-state index contributed by atoms with van der Waals surface area (Å²) in [6.07, 6.45) is 0. The minimum absolute atomic E-state index is 0.172. The molecular formula is C16H22O4. The molecule has 0 radical (unpaired) electrons. The van der Waals surface area contributed by atoms with Crippen molar-refractivity contribution in [2.24, 2.45) is 10.8 Å². The van der Waals surface area contributed by atoms with E-state index in [1.165, 1.54) is 27.7 Å². The highest BCUT2D eigenvalue weighted by Gasteiger charge is 2.63. The van der Waals surface area contributed by atoms with Crippen LogP contribution >= 0.6 is 0 Å². The highest BCUT2D eigenvalue weighted by Crippen LogP contribution is 2.57. The molecule has 0 saturated heterocycles. The van der Waals surface area contributed by atoms with Crippen molar-refractivity contribution in [1.82, 2.24) is 0 Å². The topological polar surface area (TPSA) is 74.6 Å². The number of carboxylic acid groups (broad SMARTS) is 2. The molecule has 0 amide bonds. The average Bonchev–Trinajstić information content (AvgIpc) is 2.21. The van der Waals surface area contributed by atoms with Crippen molar-refractivity contribution in [3.8, 4) is 0 Å². The molecule has 0 fully saturated rings. The van der Waals surface area contributed by atoms with Crippen LogP contribution in [0.3, 0.4) is 0 Å². The van der Waals surface area contributed by atoms with Gasteiger partial charge < -0.3 is 10.2 Å². The van der Waals surface area contributed by atoms with Gasteiger partial charge in [-0.1, -0.05) is 48.6 Å². The summed E-state index contributed by atoms with van der Waals surface area (Å²) in [4.78, 5) is 24.0. The molecule has 2 N–H and O–H groups in total. The van der Waals surface area contributed by atoms with Crippen molar-refractivity contribution in [2.75, 3.05) is 0 Å². The summed E-state index contributed by atoms with van der Waals surface area (Å²) in [5, 5.41) is 19.6. The zero-order valence-electron chi connectivity index (χ0n) is 12.5. The Balaban J connectivity index is 7.12. The van der Waals surface area contributed by atoms with Gasteiger partial charge >= 0.3 is 11.9 Å². The van der Waals surface area contributed by atoms with Gasteiger partial charge in [0.2, 0.25) is 0 Å². The molecule has 0 spiro atoms. The molecule has 0 aromatic heterocycles. The average molecular weight is 278 g/mol. The van der Waals surface area contributed by atoms with Gasteiger partial charge in [-0.3, -0.25) is 9.59 Å². The molecule has 110 valence electrons. The lowest BCUT2D eigenvalue weighted by Gasteiger charge is -2.47. The van der Waals surface area contributed by atoms with Crippen LogP contribution in [0.4, 0.5) is 0 Å². The van der Waals surface area contributed by atoms with Crippen LogP contribution in [0.1, 0.15) is 27.7 Å². The van der Waals surface area contributed by atoms with Gasteiger partial charge in [0, 0.05) is 0 Å². The SMILES string of the molecule is C=C(C)C(C(=C)C)(C(=O)O)C(C(=C)C)(C(=C)C)C(=O)O. The lowest BCUT2D eigenvalue weighted by molar-refractivity contribution is -0.161. The van der Waals surface area contributed by atoms with E-state index in [1.54, 1.807) is 0 Å². The maximum atomic E-state index is 12.0. The Bertz CT molecular complexity index is 403. The second-order valence-corrected chi connectivity index (χ2v) is 5.23. The molecule has 0 atom stereocenters. The molecule has 0 unspecified atom stereocenters. The van der Waals surface area contributed by atoms with Gasteiger partial charge in [0.05, 0.1) is 0 Å². The largest absolute Gasteiger partial charge is 0.480 e. The number of carbonyl (C=O) groups is 2. The van der Waals surface area contributed by atoms with Gasteiger partial charge in [-0.25, -0.2) is 0 Å². The first-order valence-corrected chi connectivity index (χ1v) is 6.02. The molecule has 0 aromatic rings. The zero-order valence-corrected chi connectivity index (χ0v) is 12.5. The van der Waals surface area contributed by atoms with Crippen molar-refractivity contribution in [1.29, 1.82) is 0 Å². The standard InChI is InChI=1S/C16H22O4/c1-9(2)15(10(3)4,13(17)18)16(11(5)6,12(7)8)14(19)20/h1,3,5,7H2,2,4,6,8H3,(H,17,18)(H,19,20). The zero-order chi connectivity index (χ0) is 16.5. The first-order chi connectivity index (χ1) is 8.91. The smallest absolute Gasteiger partial charge is 0.319 e. The molecule has 0 aliphatic carbocycles. The predicted molar refractivity (Wildman–Crippen MR) is 79.4 cm³/mol. The quantitative estimate of drug-likeness (QED) is 0.700. The predicted octanol–water partition coefficient (Wildman–Crippen LogP) is 3.43. The first kappa shape index (κ1) is 17.9. The Morgan fingerprint density at radius 1 is 0.650 bits per heavy atom. The van der Waals surface area contributed by atoms with E-state index < -0.39 is 22.8 Å². The molecule has 0 aliphatic heterocycles. The molecule has 0 aliphatic rings. The first-order valence-electron chi connectivity index (χ1n) is 6.02. The van der Waals surface area contributed by atoms with E-state index in [2.05, 4.69) is 26.3 Å². The summed E-state index contributed by atoms with van der Waals surface area (Å²) in [6, 6.07) is 0. The Kier molecular flexibility index (Phi) is 4.91. The molecular weight excluding hydrogens is 256 g/mol. The van der Waals surface area contributed by atoms with E-state index >= 15 is 0 Å². The molecule has 0 bridgehead atoms. The number of hydrogen-bond acceptors (Lipinski definition) is 2. The van der Waals surface area contributed by atoms with E-state index in [0.29, 0.717) is 0 Å². The van der Waals surface area contributed by atoms with Gasteiger partial charge in [-0.15, -0.1) is 0 Å². The normalized spacial score (nSPS) is 11.6. The monoisotopic (exact) mass is 278 g/mol. The van der Waals surface area contributed by atoms with Crippen LogP contribution in [0.2, 0.25) is 0 Å². The Labute approximate surface area is 119 Å². The summed E-state index contributed by atoms with van der Waals surface area (Å²) in [5.74, 6) is -2.66. The maximum absolute atomic E-state index is 12.0. The lowest BCUT2D eigenvalue weighted by atomic mass is 9.52. The van der Waals surface area contributed by atoms with Crippen molar-refractivity contribution in [3.63, 3.8) is 0 Å². The van der Waals surface area contributed by atoms with Gasteiger partial charge in [0.25, 0.3) is 0 Å². The van der Waals surface area contributed by atoms with E-state index in [1.807, 2.05) is 0 Å². The number of rotatable bonds is 7. The van der Waals surface area contributed by atoms with Crippen molar-refractivity contribution < 1.29 is 19.8 Å². The van der Waals surface area contributed by atoms with Gasteiger partial charge in [-0.2, -0.15) is 0 Å². The summed E-state index contributed by atoms with van der Waals surface area (Å²) in [5.41, 5.74) is -3.10. The highest BCUT2D eigenvalue weighted by molar-refractivity contribution is 5.96. The fourth-order valence-corrected chi connectivity index (χ4v) is 3.06. The molecule has 20 heavy (non-hydrogen) atoms. The number of aliphatic carboxylic acids is 2. The molecule has 0 aromatic carbocycles. The summed E-state index contributed by atoms with van der Waals surface area (Å²) >= 11 is 0. The summed E-state index contributed by atoms with van der Waals surface area (Å²) in [6.45, 7) is 20.7. The molecule has 0 saturated carbocycles. The van der Waals surface area contributed by atoms with Crippen molar-refractivity contribution in [3.05, 3.63) is 48.6 Å². The highest BCUT2D eigenvalue weighted by atomic mass is 16.4. The molecule has 0 rings (SSSR count). The maximum Gasteiger partial charge on any atom is 0.319 e. The number of hydrogen-bond donors (Lipinski definition) is 2.